The zero-order valence-electron chi connectivity index (χ0n) is 10.2. The van der Waals surface area contributed by atoms with Crippen LogP contribution in [0, 0.1) is 0 Å². The summed E-state index contributed by atoms with van der Waals surface area (Å²) in [7, 11) is 3.23. The molecule has 0 aromatic rings. The van der Waals surface area contributed by atoms with E-state index in [9.17, 15) is 4.79 Å². The van der Waals surface area contributed by atoms with Gasteiger partial charge < -0.3 is 20.1 Å². The first-order chi connectivity index (χ1) is 6.80. The maximum absolute atomic E-state index is 11.5. The molecule has 0 aliphatic heterocycles. The topological polar surface area (TPSA) is 64.8 Å². The van der Waals surface area contributed by atoms with Gasteiger partial charge >= 0.3 is 6.09 Å². The quantitative estimate of drug-likeness (QED) is 0.759. The molecule has 15 heavy (non-hydrogen) atoms. The van der Waals surface area contributed by atoms with Crippen LogP contribution in [0.2, 0.25) is 0 Å². The summed E-state index contributed by atoms with van der Waals surface area (Å²) in [6.45, 7) is 6.30. The molecule has 0 aliphatic rings. The van der Waals surface area contributed by atoms with Gasteiger partial charge in [-0.05, 0) is 20.8 Å². The molecule has 0 spiro atoms. The Morgan fingerprint density at radius 3 is 2.33 bits per heavy atom. The summed E-state index contributed by atoms with van der Waals surface area (Å²) in [5, 5.41) is 0. The van der Waals surface area contributed by atoms with E-state index in [1.54, 1.807) is 14.2 Å². The van der Waals surface area contributed by atoms with Gasteiger partial charge in [0.05, 0.1) is 12.6 Å². The SMILES string of the molecule is CO[C@@H](CN)CN(C)C(=O)OC(C)(C)C. The lowest BCUT2D eigenvalue weighted by molar-refractivity contribution is 0.0159. The molecule has 0 rings (SSSR count). The molecule has 0 radical (unpaired) electrons. The van der Waals surface area contributed by atoms with Crippen LogP contribution < -0.4 is 5.73 Å². The third-order valence-corrected chi connectivity index (χ3v) is 1.78. The molecule has 5 nitrogen and oxygen atoms in total. The number of amides is 1. The van der Waals surface area contributed by atoms with Crippen LogP contribution >= 0.6 is 0 Å². The van der Waals surface area contributed by atoms with Gasteiger partial charge in [-0.3, -0.25) is 0 Å². The normalized spacial score (nSPS) is 13.5. The molecule has 0 aromatic heterocycles. The van der Waals surface area contributed by atoms with Crippen molar-refractivity contribution < 1.29 is 14.3 Å². The minimum Gasteiger partial charge on any atom is -0.444 e. The standard InChI is InChI=1S/C10H22N2O3/c1-10(2,3)15-9(13)12(4)7-8(6-11)14-5/h8H,6-7,11H2,1-5H3/t8-/m0/s1. The lowest BCUT2D eigenvalue weighted by Gasteiger charge is -2.26. The van der Waals surface area contributed by atoms with E-state index < -0.39 is 5.60 Å². The molecular weight excluding hydrogens is 196 g/mol. The van der Waals surface area contributed by atoms with Crippen molar-refractivity contribution in [2.45, 2.75) is 32.5 Å². The number of rotatable bonds is 4. The molecule has 5 heteroatoms. The number of ether oxygens (including phenoxy) is 2. The van der Waals surface area contributed by atoms with E-state index in [4.69, 9.17) is 15.2 Å². The Balaban J connectivity index is 4.09. The van der Waals surface area contributed by atoms with E-state index >= 15 is 0 Å². The van der Waals surface area contributed by atoms with Crippen molar-refractivity contribution in [3.05, 3.63) is 0 Å². The number of nitrogens with zero attached hydrogens (tertiary/aromatic N) is 1. The largest absolute Gasteiger partial charge is 0.444 e. The van der Waals surface area contributed by atoms with E-state index in [2.05, 4.69) is 0 Å². The Kier molecular flexibility index (Phi) is 5.60. The molecule has 0 heterocycles. The molecule has 0 saturated carbocycles. The van der Waals surface area contributed by atoms with E-state index in [0.29, 0.717) is 13.1 Å². The maximum Gasteiger partial charge on any atom is 0.410 e. The van der Waals surface area contributed by atoms with Gasteiger partial charge in [-0.25, -0.2) is 4.79 Å². The van der Waals surface area contributed by atoms with Crippen LogP contribution in [0.4, 0.5) is 4.79 Å². The lowest BCUT2D eigenvalue weighted by atomic mass is 10.2. The monoisotopic (exact) mass is 218 g/mol. The van der Waals surface area contributed by atoms with Crippen LogP contribution in [0.5, 0.6) is 0 Å². The number of nitrogens with two attached hydrogens (primary N) is 1. The highest BCUT2D eigenvalue weighted by Gasteiger charge is 2.21. The van der Waals surface area contributed by atoms with Crippen molar-refractivity contribution in [3.63, 3.8) is 0 Å². The lowest BCUT2D eigenvalue weighted by Crippen LogP contribution is -2.41. The second-order valence-electron chi connectivity index (χ2n) is 4.45. The highest BCUT2D eigenvalue weighted by atomic mass is 16.6. The van der Waals surface area contributed by atoms with Gasteiger partial charge in [-0.1, -0.05) is 0 Å². The second-order valence-corrected chi connectivity index (χ2v) is 4.45. The molecule has 0 unspecified atom stereocenters. The molecular formula is C10H22N2O3. The predicted octanol–water partition coefficient (Wildman–Crippen LogP) is 0.827. The summed E-state index contributed by atoms with van der Waals surface area (Å²) in [4.78, 5) is 13.0. The number of carbonyl (C=O) groups excluding carboxylic acids is 1. The Labute approximate surface area is 91.5 Å². The molecule has 0 fully saturated rings. The number of hydrogen-bond donors (Lipinski definition) is 1. The average Bonchev–Trinajstić information content (AvgIpc) is 2.10. The van der Waals surface area contributed by atoms with Gasteiger partial charge in [0, 0.05) is 20.7 Å². The molecule has 0 saturated heterocycles. The van der Waals surface area contributed by atoms with Crippen molar-refractivity contribution in [2.24, 2.45) is 5.73 Å². The summed E-state index contributed by atoms with van der Waals surface area (Å²) >= 11 is 0. The van der Waals surface area contributed by atoms with E-state index in [1.807, 2.05) is 20.8 Å². The van der Waals surface area contributed by atoms with Gasteiger partial charge in [0.15, 0.2) is 0 Å². The number of methoxy groups -OCH3 is 1. The fourth-order valence-electron chi connectivity index (χ4n) is 0.965. The molecule has 2 N–H and O–H groups in total. The third-order valence-electron chi connectivity index (χ3n) is 1.78. The first-order valence-corrected chi connectivity index (χ1v) is 4.97. The van der Waals surface area contributed by atoms with Crippen molar-refractivity contribution in [1.82, 2.24) is 4.90 Å². The van der Waals surface area contributed by atoms with Gasteiger partial charge in [0.1, 0.15) is 5.60 Å². The van der Waals surface area contributed by atoms with Crippen LogP contribution in [0.1, 0.15) is 20.8 Å². The van der Waals surface area contributed by atoms with Gasteiger partial charge in [-0.15, -0.1) is 0 Å². The summed E-state index contributed by atoms with van der Waals surface area (Å²) in [6, 6.07) is 0. The van der Waals surface area contributed by atoms with Crippen LogP contribution in [-0.4, -0.2) is 49.9 Å². The molecule has 0 bridgehead atoms. The second kappa shape index (κ2) is 5.92. The smallest absolute Gasteiger partial charge is 0.410 e. The Bertz CT molecular complexity index is 197. The van der Waals surface area contributed by atoms with Gasteiger partial charge in [-0.2, -0.15) is 0 Å². The summed E-state index contributed by atoms with van der Waals surface area (Å²) in [6.07, 6.45) is -0.513. The minimum atomic E-state index is -0.476. The minimum absolute atomic E-state index is 0.150. The van der Waals surface area contributed by atoms with Crippen LogP contribution in [-0.2, 0) is 9.47 Å². The van der Waals surface area contributed by atoms with Gasteiger partial charge in [0.25, 0.3) is 0 Å². The van der Waals surface area contributed by atoms with E-state index in [1.165, 1.54) is 4.90 Å². The van der Waals surface area contributed by atoms with Crippen molar-refractivity contribution in [2.75, 3.05) is 27.2 Å². The van der Waals surface area contributed by atoms with Crippen LogP contribution in [0.25, 0.3) is 0 Å². The van der Waals surface area contributed by atoms with Crippen molar-refractivity contribution >= 4 is 6.09 Å². The number of hydrogen-bond acceptors (Lipinski definition) is 4. The Morgan fingerprint density at radius 1 is 1.47 bits per heavy atom. The summed E-state index contributed by atoms with van der Waals surface area (Å²) < 4.78 is 10.3. The predicted molar refractivity (Wildman–Crippen MR) is 58.7 cm³/mol. The first-order valence-electron chi connectivity index (χ1n) is 4.97. The van der Waals surface area contributed by atoms with Crippen molar-refractivity contribution in [3.8, 4) is 0 Å². The Morgan fingerprint density at radius 2 is 2.00 bits per heavy atom. The molecule has 1 atom stereocenters. The van der Waals surface area contributed by atoms with Crippen LogP contribution in [0.15, 0.2) is 0 Å². The Hall–Kier alpha value is -0.810. The highest BCUT2D eigenvalue weighted by molar-refractivity contribution is 5.67. The van der Waals surface area contributed by atoms with E-state index in [-0.39, 0.29) is 12.2 Å². The fourth-order valence-corrected chi connectivity index (χ4v) is 0.965. The van der Waals surface area contributed by atoms with Crippen LogP contribution in [0.3, 0.4) is 0 Å². The number of carbonyl (C=O) groups is 1. The molecule has 0 aromatic carbocycles. The first kappa shape index (κ1) is 14.2. The molecule has 90 valence electrons. The average molecular weight is 218 g/mol. The third kappa shape index (κ3) is 6.30. The zero-order valence-corrected chi connectivity index (χ0v) is 10.2. The summed E-state index contributed by atoms with van der Waals surface area (Å²) in [5.74, 6) is 0. The number of likely N-dealkylation sites (N-methyl/N-ethyl adjacent to an activating group) is 1. The zero-order chi connectivity index (χ0) is 12.1. The van der Waals surface area contributed by atoms with Crippen molar-refractivity contribution in [1.29, 1.82) is 0 Å². The molecule has 1 amide bonds. The maximum atomic E-state index is 11.5. The van der Waals surface area contributed by atoms with E-state index in [0.717, 1.165) is 0 Å². The summed E-state index contributed by atoms with van der Waals surface area (Å²) in [5.41, 5.74) is 4.98. The van der Waals surface area contributed by atoms with Gasteiger partial charge in [0.2, 0.25) is 0 Å². The molecule has 0 aliphatic carbocycles. The fraction of sp³-hybridized carbons (Fsp3) is 0.900. The highest BCUT2D eigenvalue weighted by Crippen LogP contribution is 2.09.